The van der Waals surface area contributed by atoms with Gasteiger partial charge in [-0.05, 0) is 44.4 Å². The summed E-state index contributed by atoms with van der Waals surface area (Å²) in [5.74, 6) is 3.68. The van der Waals surface area contributed by atoms with Gasteiger partial charge < -0.3 is 19.9 Å². The van der Waals surface area contributed by atoms with Gasteiger partial charge in [-0.15, -0.1) is 34.2 Å². The molecule has 8 heteroatoms. The molecular formula is C19H29IN6O. The van der Waals surface area contributed by atoms with Gasteiger partial charge in [0.2, 0.25) is 0 Å². The molecular weight excluding hydrogens is 455 g/mol. The Labute approximate surface area is 178 Å². The van der Waals surface area contributed by atoms with Crippen LogP contribution < -0.4 is 15.4 Å². The molecule has 0 fully saturated rings. The Bertz CT molecular complexity index is 760. The normalized spacial score (nSPS) is 14.7. The number of aryl methyl sites for hydroxylation is 2. The monoisotopic (exact) mass is 484 g/mol. The summed E-state index contributed by atoms with van der Waals surface area (Å²) in [5, 5.41) is 15.2. The highest BCUT2D eigenvalue weighted by Crippen LogP contribution is 2.14. The van der Waals surface area contributed by atoms with Crippen molar-refractivity contribution in [1.29, 1.82) is 0 Å². The topological polar surface area (TPSA) is 76.4 Å². The quantitative estimate of drug-likeness (QED) is 0.375. The van der Waals surface area contributed by atoms with Crippen LogP contribution in [-0.2, 0) is 19.5 Å². The summed E-state index contributed by atoms with van der Waals surface area (Å²) in [5.41, 5.74) is 1.19. The lowest BCUT2D eigenvalue weighted by atomic mass is 10.2. The fourth-order valence-electron chi connectivity index (χ4n) is 3.09. The maximum atomic E-state index is 5.94. The molecule has 2 N–H and O–H groups in total. The molecule has 0 spiro atoms. The van der Waals surface area contributed by atoms with Crippen molar-refractivity contribution in [2.45, 2.75) is 52.3 Å². The van der Waals surface area contributed by atoms with Crippen molar-refractivity contribution in [2.75, 3.05) is 13.6 Å². The second-order valence-electron chi connectivity index (χ2n) is 6.69. The van der Waals surface area contributed by atoms with Gasteiger partial charge in [0.05, 0.1) is 13.1 Å². The zero-order valence-electron chi connectivity index (χ0n) is 16.2. The number of nitrogens with one attached hydrogen (secondary N) is 2. The summed E-state index contributed by atoms with van der Waals surface area (Å²) in [4.78, 5) is 4.27. The molecule has 1 unspecified atom stereocenters. The van der Waals surface area contributed by atoms with E-state index in [0.29, 0.717) is 13.1 Å². The average Bonchev–Trinajstić information content (AvgIpc) is 3.05. The van der Waals surface area contributed by atoms with Gasteiger partial charge in [-0.2, -0.15) is 0 Å². The number of nitrogens with zero attached hydrogens (tertiary/aromatic N) is 4. The van der Waals surface area contributed by atoms with Gasteiger partial charge in [-0.1, -0.05) is 12.1 Å². The van der Waals surface area contributed by atoms with Crippen molar-refractivity contribution in [1.82, 2.24) is 25.4 Å². The average molecular weight is 484 g/mol. The molecule has 7 nitrogen and oxygen atoms in total. The van der Waals surface area contributed by atoms with E-state index in [2.05, 4.69) is 43.4 Å². The summed E-state index contributed by atoms with van der Waals surface area (Å²) in [6.07, 6.45) is 3.44. The van der Waals surface area contributed by atoms with Crippen LogP contribution in [0.3, 0.4) is 0 Å². The first-order valence-electron chi connectivity index (χ1n) is 9.24. The molecule has 0 bridgehead atoms. The minimum Gasteiger partial charge on any atom is -0.489 e. The predicted octanol–water partition coefficient (Wildman–Crippen LogP) is 2.67. The summed E-state index contributed by atoms with van der Waals surface area (Å²) >= 11 is 0. The Balaban J connectivity index is 0.00000261. The number of halogens is 1. The van der Waals surface area contributed by atoms with E-state index in [4.69, 9.17) is 4.74 Å². The molecule has 3 rings (SSSR count). The van der Waals surface area contributed by atoms with E-state index in [0.717, 1.165) is 36.3 Å². The summed E-state index contributed by atoms with van der Waals surface area (Å²) < 4.78 is 8.16. The molecule has 0 aliphatic carbocycles. The number of guanidine groups is 1. The maximum Gasteiger partial charge on any atom is 0.191 e. The molecule has 0 saturated carbocycles. The Morgan fingerprint density at radius 3 is 2.93 bits per heavy atom. The van der Waals surface area contributed by atoms with Crippen molar-refractivity contribution in [3.05, 3.63) is 41.5 Å². The lowest BCUT2D eigenvalue weighted by Crippen LogP contribution is -2.41. The second-order valence-corrected chi connectivity index (χ2v) is 6.69. The number of ether oxygens (including phenoxy) is 1. The maximum absolute atomic E-state index is 5.94. The number of rotatable bonds is 6. The van der Waals surface area contributed by atoms with E-state index in [1.54, 1.807) is 7.05 Å². The van der Waals surface area contributed by atoms with E-state index < -0.39 is 0 Å². The molecule has 0 saturated heterocycles. The van der Waals surface area contributed by atoms with Crippen LogP contribution in [0.4, 0.5) is 0 Å². The number of benzene rings is 1. The highest BCUT2D eigenvalue weighted by molar-refractivity contribution is 14.0. The summed E-state index contributed by atoms with van der Waals surface area (Å²) in [6.45, 7) is 6.38. The van der Waals surface area contributed by atoms with Crippen molar-refractivity contribution in [2.24, 2.45) is 4.99 Å². The van der Waals surface area contributed by atoms with Gasteiger partial charge in [0.25, 0.3) is 0 Å². The van der Waals surface area contributed by atoms with E-state index in [1.807, 2.05) is 25.1 Å². The van der Waals surface area contributed by atoms with E-state index in [9.17, 15) is 0 Å². The van der Waals surface area contributed by atoms with Gasteiger partial charge in [-0.3, -0.25) is 4.99 Å². The van der Waals surface area contributed by atoms with Crippen LogP contribution in [0.15, 0.2) is 29.3 Å². The third kappa shape index (κ3) is 6.08. The van der Waals surface area contributed by atoms with Crippen LogP contribution in [0.2, 0.25) is 0 Å². The standard InChI is InChI=1S/C19H28N6O.HI/c1-14-7-6-8-16(11-14)26-15(2)12-21-19(20-3)22-13-18-24-23-17-9-4-5-10-25(17)18;/h6-8,11,15H,4-5,9-10,12-13H2,1-3H3,(H2,20,21,22);1H. The second kappa shape index (κ2) is 10.5. The number of aliphatic imine (C=N–C) groups is 1. The van der Waals surface area contributed by atoms with Crippen LogP contribution in [0.1, 0.15) is 37.0 Å². The van der Waals surface area contributed by atoms with Gasteiger partial charge in [0.1, 0.15) is 17.7 Å². The van der Waals surface area contributed by atoms with Crippen LogP contribution in [0.5, 0.6) is 5.75 Å². The fourth-order valence-corrected chi connectivity index (χ4v) is 3.09. The third-order valence-corrected chi connectivity index (χ3v) is 4.46. The molecule has 1 aliphatic rings. The first kappa shape index (κ1) is 21.5. The Morgan fingerprint density at radius 1 is 1.30 bits per heavy atom. The molecule has 1 aliphatic heterocycles. The molecule has 0 radical (unpaired) electrons. The van der Waals surface area contributed by atoms with Crippen molar-refractivity contribution >= 4 is 29.9 Å². The van der Waals surface area contributed by atoms with Gasteiger partial charge in [0.15, 0.2) is 11.8 Å². The van der Waals surface area contributed by atoms with Crippen LogP contribution in [0, 0.1) is 6.92 Å². The van der Waals surface area contributed by atoms with Crippen molar-refractivity contribution in [3.63, 3.8) is 0 Å². The minimum absolute atomic E-state index is 0. The Kier molecular flexibility index (Phi) is 8.33. The van der Waals surface area contributed by atoms with Crippen molar-refractivity contribution in [3.8, 4) is 5.75 Å². The third-order valence-electron chi connectivity index (χ3n) is 4.46. The van der Waals surface area contributed by atoms with Crippen LogP contribution >= 0.6 is 24.0 Å². The number of hydrogen-bond donors (Lipinski definition) is 2. The highest BCUT2D eigenvalue weighted by atomic mass is 127. The molecule has 148 valence electrons. The fraction of sp³-hybridized carbons (Fsp3) is 0.526. The summed E-state index contributed by atoms with van der Waals surface area (Å²) in [6, 6.07) is 8.08. The highest BCUT2D eigenvalue weighted by Gasteiger charge is 2.15. The Morgan fingerprint density at radius 2 is 2.15 bits per heavy atom. The SMILES string of the molecule is CN=C(NCc1nnc2n1CCCC2)NCC(C)Oc1cccc(C)c1.I. The van der Waals surface area contributed by atoms with Crippen molar-refractivity contribution < 1.29 is 4.74 Å². The Hall–Kier alpha value is -1.84. The van der Waals surface area contributed by atoms with Crippen LogP contribution in [0.25, 0.3) is 0 Å². The van der Waals surface area contributed by atoms with Crippen LogP contribution in [-0.4, -0.2) is 40.4 Å². The minimum atomic E-state index is 0. The lowest BCUT2D eigenvalue weighted by Gasteiger charge is -2.18. The van der Waals surface area contributed by atoms with Gasteiger partial charge in [-0.25, -0.2) is 0 Å². The number of fused-ring (bicyclic) bond motifs is 1. The molecule has 27 heavy (non-hydrogen) atoms. The first-order chi connectivity index (χ1) is 12.7. The first-order valence-corrected chi connectivity index (χ1v) is 9.24. The number of hydrogen-bond acceptors (Lipinski definition) is 4. The lowest BCUT2D eigenvalue weighted by molar-refractivity contribution is 0.223. The molecule has 2 heterocycles. The molecule has 2 aromatic rings. The predicted molar refractivity (Wildman–Crippen MR) is 118 cm³/mol. The molecule has 0 amide bonds. The zero-order chi connectivity index (χ0) is 18.4. The molecule has 1 atom stereocenters. The zero-order valence-corrected chi connectivity index (χ0v) is 18.6. The van der Waals surface area contributed by atoms with Gasteiger partial charge in [0, 0.05) is 20.0 Å². The van der Waals surface area contributed by atoms with E-state index >= 15 is 0 Å². The molecule has 1 aromatic heterocycles. The summed E-state index contributed by atoms with van der Waals surface area (Å²) in [7, 11) is 1.76. The molecule has 1 aromatic carbocycles. The largest absolute Gasteiger partial charge is 0.489 e. The van der Waals surface area contributed by atoms with E-state index in [-0.39, 0.29) is 30.1 Å². The smallest absolute Gasteiger partial charge is 0.191 e. The number of aromatic nitrogens is 3. The van der Waals surface area contributed by atoms with Gasteiger partial charge >= 0.3 is 0 Å². The van der Waals surface area contributed by atoms with E-state index in [1.165, 1.54) is 18.4 Å².